The average Bonchev–Trinajstić information content (AvgIpc) is 3.34. The number of carbonyl (C=O) groups excluding carboxylic acids is 1. The summed E-state index contributed by atoms with van der Waals surface area (Å²) in [5, 5.41) is 7.08. The van der Waals surface area contributed by atoms with Gasteiger partial charge in [-0.05, 0) is 57.5 Å². The lowest BCUT2D eigenvalue weighted by Crippen LogP contribution is -2.37. The maximum atomic E-state index is 12.4. The van der Waals surface area contributed by atoms with E-state index in [2.05, 4.69) is 27.5 Å². The first kappa shape index (κ1) is 20.7. The Balaban J connectivity index is 1.53. The summed E-state index contributed by atoms with van der Waals surface area (Å²) in [5.74, 6) is 2.92. The minimum Gasteiger partial charge on any atom is -0.497 e. The fraction of sp³-hybridized carbons (Fsp3) is 0.524. The number of nitrogens with zero attached hydrogens (tertiary/aromatic N) is 2. The van der Waals surface area contributed by atoms with E-state index in [9.17, 15) is 4.79 Å². The SMILES string of the molecule is COc1ccc(C(CNC(=O)CSCc2c(C)noc2C)N2CCCC2)cc1. The molecule has 152 valence electrons. The molecule has 28 heavy (non-hydrogen) atoms. The third-order valence-corrected chi connectivity index (χ3v) is 6.19. The van der Waals surface area contributed by atoms with Gasteiger partial charge in [0, 0.05) is 17.9 Å². The molecule has 0 bridgehead atoms. The number of benzene rings is 1. The number of ether oxygens (including phenoxy) is 1. The highest BCUT2D eigenvalue weighted by Gasteiger charge is 2.24. The van der Waals surface area contributed by atoms with E-state index in [1.54, 1.807) is 18.9 Å². The first-order valence-electron chi connectivity index (χ1n) is 9.72. The lowest BCUT2D eigenvalue weighted by atomic mass is 10.1. The van der Waals surface area contributed by atoms with Crippen LogP contribution < -0.4 is 10.1 Å². The first-order valence-corrected chi connectivity index (χ1v) is 10.9. The van der Waals surface area contributed by atoms with Crippen LogP contribution in [0.3, 0.4) is 0 Å². The largest absolute Gasteiger partial charge is 0.497 e. The minimum absolute atomic E-state index is 0.0643. The summed E-state index contributed by atoms with van der Waals surface area (Å²) in [4.78, 5) is 14.8. The van der Waals surface area contributed by atoms with E-state index in [0.717, 1.165) is 41.6 Å². The molecule has 1 aliphatic heterocycles. The molecule has 1 unspecified atom stereocenters. The Morgan fingerprint density at radius 2 is 2.00 bits per heavy atom. The van der Waals surface area contributed by atoms with Gasteiger partial charge in [0.15, 0.2) is 0 Å². The van der Waals surface area contributed by atoms with E-state index >= 15 is 0 Å². The molecule has 1 N–H and O–H groups in total. The summed E-state index contributed by atoms with van der Waals surface area (Å²) in [5.41, 5.74) is 3.20. The zero-order valence-electron chi connectivity index (χ0n) is 16.9. The molecule has 3 rings (SSSR count). The molecular weight excluding hydrogens is 374 g/mol. The van der Waals surface area contributed by atoms with Gasteiger partial charge in [-0.25, -0.2) is 0 Å². The number of likely N-dealkylation sites (tertiary alicyclic amines) is 1. The molecule has 1 fully saturated rings. The van der Waals surface area contributed by atoms with Gasteiger partial charge in [0.2, 0.25) is 5.91 Å². The predicted octanol–water partition coefficient (Wildman–Crippen LogP) is 3.49. The summed E-state index contributed by atoms with van der Waals surface area (Å²) in [6.45, 7) is 6.62. The fourth-order valence-corrected chi connectivity index (χ4v) is 4.56. The third kappa shape index (κ3) is 5.29. The molecule has 2 heterocycles. The van der Waals surface area contributed by atoms with Crippen LogP contribution in [0.15, 0.2) is 28.8 Å². The Morgan fingerprint density at radius 3 is 2.61 bits per heavy atom. The van der Waals surface area contributed by atoms with Crippen molar-refractivity contribution >= 4 is 17.7 Å². The van der Waals surface area contributed by atoms with Crippen molar-refractivity contribution in [3.05, 3.63) is 46.8 Å². The number of hydrogen-bond acceptors (Lipinski definition) is 6. The molecule has 7 heteroatoms. The molecule has 2 aromatic rings. The number of carbonyl (C=O) groups is 1. The highest BCUT2D eigenvalue weighted by atomic mass is 32.2. The standard InChI is InChI=1S/C21H29N3O3S/c1-15-19(16(2)27-23-15)13-28-14-21(25)22-12-20(24-10-4-5-11-24)17-6-8-18(26-3)9-7-17/h6-9,20H,4-5,10-14H2,1-3H3,(H,22,25). The molecule has 0 radical (unpaired) electrons. The van der Waals surface area contributed by atoms with Crippen molar-refractivity contribution in [2.45, 2.75) is 38.5 Å². The van der Waals surface area contributed by atoms with Crippen LogP contribution >= 0.6 is 11.8 Å². The Morgan fingerprint density at radius 1 is 1.29 bits per heavy atom. The van der Waals surface area contributed by atoms with Gasteiger partial charge in [-0.3, -0.25) is 9.69 Å². The number of aryl methyl sites for hydroxylation is 2. The number of methoxy groups -OCH3 is 1. The maximum absolute atomic E-state index is 12.4. The van der Waals surface area contributed by atoms with Crippen molar-refractivity contribution in [3.8, 4) is 5.75 Å². The normalized spacial score (nSPS) is 15.5. The van der Waals surface area contributed by atoms with Gasteiger partial charge in [-0.1, -0.05) is 17.3 Å². The Kier molecular flexibility index (Phi) is 7.39. The van der Waals surface area contributed by atoms with Gasteiger partial charge in [0.25, 0.3) is 0 Å². The van der Waals surface area contributed by atoms with Gasteiger partial charge >= 0.3 is 0 Å². The molecule has 1 saturated heterocycles. The van der Waals surface area contributed by atoms with E-state index in [0.29, 0.717) is 12.3 Å². The van der Waals surface area contributed by atoms with Gasteiger partial charge in [-0.2, -0.15) is 0 Å². The average molecular weight is 404 g/mol. The zero-order valence-corrected chi connectivity index (χ0v) is 17.7. The van der Waals surface area contributed by atoms with Gasteiger partial charge < -0.3 is 14.6 Å². The predicted molar refractivity (Wildman–Crippen MR) is 112 cm³/mol. The van der Waals surface area contributed by atoms with Crippen molar-refractivity contribution < 1.29 is 14.1 Å². The quantitative estimate of drug-likeness (QED) is 0.691. The summed E-state index contributed by atoms with van der Waals surface area (Å²) >= 11 is 1.59. The van der Waals surface area contributed by atoms with Crippen LogP contribution in [0.25, 0.3) is 0 Å². The van der Waals surface area contributed by atoms with E-state index < -0.39 is 0 Å². The van der Waals surface area contributed by atoms with Crippen LogP contribution in [0.2, 0.25) is 0 Å². The van der Waals surface area contributed by atoms with E-state index in [4.69, 9.17) is 9.26 Å². The molecule has 0 aliphatic carbocycles. The fourth-order valence-electron chi connectivity index (χ4n) is 3.55. The lowest BCUT2D eigenvalue weighted by molar-refractivity contribution is -0.118. The maximum Gasteiger partial charge on any atom is 0.230 e. The van der Waals surface area contributed by atoms with Crippen LogP contribution in [-0.4, -0.2) is 48.5 Å². The molecule has 1 amide bonds. The second-order valence-electron chi connectivity index (χ2n) is 7.13. The highest BCUT2D eigenvalue weighted by molar-refractivity contribution is 7.99. The summed E-state index contributed by atoms with van der Waals surface area (Å²) in [6, 6.07) is 8.37. The molecule has 1 aliphatic rings. The second kappa shape index (κ2) is 9.98. The summed E-state index contributed by atoms with van der Waals surface area (Å²) in [7, 11) is 1.67. The molecule has 1 atom stereocenters. The molecule has 0 saturated carbocycles. The Hall–Kier alpha value is -1.99. The number of rotatable bonds is 9. The van der Waals surface area contributed by atoms with Crippen molar-refractivity contribution in [3.63, 3.8) is 0 Å². The molecule has 1 aromatic carbocycles. The smallest absolute Gasteiger partial charge is 0.230 e. The van der Waals surface area contributed by atoms with Crippen LogP contribution in [-0.2, 0) is 10.5 Å². The van der Waals surface area contributed by atoms with E-state index in [1.807, 2.05) is 26.0 Å². The molecule has 6 nitrogen and oxygen atoms in total. The topological polar surface area (TPSA) is 67.6 Å². The minimum atomic E-state index is 0.0643. The summed E-state index contributed by atoms with van der Waals surface area (Å²) in [6.07, 6.45) is 2.43. The Labute approximate surface area is 171 Å². The van der Waals surface area contributed by atoms with E-state index in [1.165, 1.54) is 18.4 Å². The van der Waals surface area contributed by atoms with Crippen LogP contribution in [0.5, 0.6) is 5.75 Å². The number of aromatic nitrogens is 1. The number of thioether (sulfide) groups is 1. The van der Waals surface area contributed by atoms with Crippen LogP contribution in [0.1, 0.15) is 41.5 Å². The van der Waals surface area contributed by atoms with Gasteiger partial charge in [0.1, 0.15) is 11.5 Å². The molecule has 1 aromatic heterocycles. The summed E-state index contributed by atoms with van der Waals surface area (Å²) < 4.78 is 10.4. The zero-order chi connectivity index (χ0) is 19.9. The number of hydrogen-bond donors (Lipinski definition) is 1. The third-order valence-electron chi connectivity index (χ3n) is 5.24. The van der Waals surface area contributed by atoms with Gasteiger partial charge in [0.05, 0.1) is 24.6 Å². The number of amides is 1. The number of nitrogens with one attached hydrogen (secondary N) is 1. The molecular formula is C21H29N3O3S. The Bertz CT molecular complexity index is 750. The van der Waals surface area contributed by atoms with Crippen LogP contribution in [0, 0.1) is 13.8 Å². The van der Waals surface area contributed by atoms with Crippen molar-refractivity contribution in [1.82, 2.24) is 15.4 Å². The van der Waals surface area contributed by atoms with Crippen molar-refractivity contribution in [2.75, 3.05) is 32.5 Å². The van der Waals surface area contributed by atoms with E-state index in [-0.39, 0.29) is 11.9 Å². The van der Waals surface area contributed by atoms with Gasteiger partial charge in [-0.15, -0.1) is 11.8 Å². The van der Waals surface area contributed by atoms with Crippen molar-refractivity contribution in [2.24, 2.45) is 0 Å². The lowest BCUT2D eigenvalue weighted by Gasteiger charge is -2.28. The molecule has 0 spiro atoms. The monoisotopic (exact) mass is 403 g/mol. The van der Waals surface area contributed by atoms with Crippen molar-refractivity contribution in [1.29, 1.82) is 0 Å². The van der Waals surface area contributed by atoms with Crippen LogP contribution in [0.4, 0.5) is 0 Å². The first-order chi connectivity index (χ1) is 13.6. The highest BCUT2D eigenvalue weighted by Crippen LogP contribution is 2.26. The second-order valence-corrected chi connectivity index (χ2v) is 8.12.